The number of ether oxygens (including phenoxy) is 1. The highest BCUT2D eigenvalue weighted by atomic mass is 32.1. The minimum absolute atomic E-state index is 0.168. The van der Waals surface area contributed by atoms with E-state index in [1.54, 1.807) is 17.6 Å². The van der Waals surface area contributed by atoms with Crippen LogP contribution in [0.2, 0.25) is 0 Å². The third-order valence-electron chi connectivity index (χ3n) is 4.58. The van der Waals surface area contributed by atoms with Gasteiger partial charge in [0, 0.05) is 4.88 Å². The normalized spacial score (nSPS) is 16.8. The number of rotatable bonds is 4. The van der Waals surface area contributed by atoms with Gasteiger partial charge in [-0.1, -0.05) is 59.9 Å². The highest BCUT2D eigenvalue weighted by molar-refractivity contribution is 7.10. The molecule has 5 nitrogen and oxygen atoms in total. The molecule has 0 N–H and O–H groups in total. The van der Waals surface area contributed by atoms with Gasteiger partial charge in [0.05, 0.1) is 22.9 Å². The van der Waals surface area contributed by atoms with E-state index in [2.05, 4.69) is 4.99 Å². The fourth-order valence-corrected chi connectivity index (χ4v) is 5.06. The van der Waals surface area contributed by atoms with Gasteiger partial charge >= 0.3 is 5.97 Å². The topological polar surface area (TPSA) is 60.7 Å². The summed E-state index contributed by atoms with van der Waals surface area (Å²) < 4.78 is 7.14. The number of allylic oxidation sites excluding steroid dienone is 2. The Bertz CT molecular complexity index is 1280. The Morgan fingerprint density at radius 3 is 2.69 bits per heavy atom. The van der Waals surface area contributed by atoms with Crippen LogP contribution in [0.1, 0.15) is 23.4 Å². The summed E-state index contributed by atoms with van der Waals surface area (Å²) in [5, 5.41) is 1.93. The van der Waals surface area contributed by atoms with Crippen molar-refractivity contribution in [3.63, 3.8) is 0 Å². The van der Waals surface area contributed by atoms with Crippen LogP contribution in [0, 0.1) is 0 Å². The Kier molecular flexibility index (Phi) is 5.42. The van der Waals surface area contributed by atoms with Crippen molar-refractivity contribution in [3.8, 4) is 0 Å². The standard InChI is InChI=1S/C22H18N2O3S2/c1-14-18(21(26)27-2)19(16-12-7-13-28-16)24-20(25)17(29-22(24)23-14)11-6-10-15-8-4-3-5-9-15/h3-13,19H,1-2H3/b10-6+,17-11?/t19-/m0/s1. The molecule has 29 heavy (non-hydrogen) atoms. The molecule has 0 saturated heterocycles. The second-order valence-electron chi connectivity index (χ2n) is 6.38. The van der Waals surface area contributed by atoms with Gasteiger partial charge in [-0.2, -0.15) is 0 Å². The number of hydrogen-bond donors (Lipinski definition) is 0. The van der Waals surface area contributed by atoms with Crippen LogP contribution in [0.3, 0.4) is 0 Å². The van der Waals surface area contributed by atoms with E-state index >= 15 is 0 Å². The molecule has 4 rings (SSSR count). The molecule has 3 heterocycles. The third kappa shape index (κ3) is 3.66. The molecule has 0 amide bonds. The number of thiazole rings is 1. The predicted molar refractivity (Wildman–Crippen MR) is 116 cm³/mol. The Balaban J connectivity index is 1.85. The van der Waals surface area contributed by atoms with Crippen LogP contribution < -0.4 is 14.9 Å². The van der Waals surface area contributed by atoms with Crippen molar-refractivity contribution in [3.05, 3.63) is 95.3 Å². The number of hydrogen-bond acceptors (Lipinski definition) is 6. The van der Waals surface area contributed by atoms with Gasteiger partial charge < -0.3 is 4.74 Å². The number of esters is 1. The van der Waals surface area contributed by atoms with Gasteiger partial charge in [0.25, 0.3) is 5.56 Å². The highest BCUT2D eigenvalue weighted by Gasteiger charge is 2.33. The van der Waals surface area contributed by atoms with Crippen LogP contribution in [-0.2, 0) is 9.53 Å². The molecule has 0 saturated carbocycles. The quantitative estimate of drug-likeness (QED) is 0.607. The van der Waals surface area contributed by atoms with E-state index in [4.69, 9.17) is 4.74 Å². The summed E-state index contributed by atoms with van der Waals surface area (Å²) in [5.41, 5.74) is 1.85. The van der Waals surface area contributed by atoms with Crippen LogP contribution in [0.25, 0.3) is 12.2 Å². The number of thiophene rings is 1. The van der Waals surface area contributed by atoms with Crippen LogP contribution in [0.15, 0.2) is 75.0 Å². The molecule has 1 aliphatic heterocycles. The molecule has 1 aromatic carbocycles. The van der Waals surface area contributed by atoms with Crippen LogP contribution in [0.5, 0.6) is 0 Å². The second-order valence-corrected chi connectivity index (χ2v) is 8.37. The van der Waals surface area contributed by atoms with E-state index in [1.807, 2.05) is 60.0 Å². The van der Waals surface area contributed by atoms with E-state index in [-0.39, 0.29) is 5.56 Å². The minimum Gasteiger partial charge on any atom is -0.466 e. The number of aromatic nitrogens is 1. The second kappa shape index (κ2) is 8.14. The van der Waals surface area contributed by atoms with Crippen molar-refractivity contribution < 1.29 is 9.53 Å². The number of benzene rings is 1. The molecular formula is C22H18N2O3S2. The zero-order chi connectivity index (χ0) is 20.4. The molecule has 7 heteroatoms. The highest BCUT2D eigenvalue weighted by Crippen LogP contribution is 2.32. The zero-order valence-corrected chi connectivity index (χ0v) is 17.5. The van der Waals surface area contributed by atoms with Crippen molar-refractivity contribution in [2.45, 2.75) is 13.0 Å². The lowest BCUT2D eigenvalue weighted by molar-refractivity contribution is -0.136. The van der Waals surface area contributed by atoms with Gasteiger partial charge in [0.1, 0.15) is 6.04 Å². The average molecular weight is 423 g/mol. The molecule has 146 valence electrons. The molecule has 0 spiro atoms. The molecule has 1 atom stereocenters. The van der Waals surface area contributed by atoms with Crippen LogP contribution in [0.4, 0.5) is 0 Å². The van der Waals surface area contributed by atoms with Crippen LogP contribution >= 0.6 is 22.7 Å². The molecule has 0 bridgehead atoms. The molecule has 2 aromatic heterocycles. The molecule has 0 unspecified atom stereocenters. The fraction of sp³-hybridized carbons (Fsp3) is 0.136. The van der Waals surface area contributed by atoms with E-state index in [0.29, 0.717) is 20.6 Å². The lowest BCUT2D eigenvalue weighted by Crippen LogP contribution is -2.39. The third-order valence-corrected chi connectivity index (χ3v) is 6.50. The van der Waals surface area contributed by atoms with Crippen LogP contribution in [-0.4, -0.2) is 17.6 Å². The maximum Gasteiger partial charge on any atom is 0.338 e. The summed E-state index contributed by atoms with van der Waals surface area (Å²) in [4.78, 5) is 31.7. The van der Waals surface area contributed by atoms with E-state index in [0.717, 1.165) is 10.4 Å². The summed E-state index contributed by atoms with van der Waals surface area (Å²) >= 11 is 2.82. The van der Waals surface area contributed by atoms with Crippen molar-refractivity contribution in [1.29, 1.82) is 0 Å². The van der Waals surface area contributed by atoms with Crippen molar-refractivity contribution in [2.24, 2.45) is 4.99 Å². The Morgan fingerprint density at radius 2 is 2.00 bits per heavy atom. The van der Waals surface area contributed by atoms with Gasteiger partial charge in [-0.05, 0) is 30.0 Å². The van der Waals surface area contributed by atoms with E-state index in [9.17, 15) is 9.59 Å². The lowest BCUT2D eigenvalue weighted by Gasteiger charge is -2.22. The zero-order valence-electron chi connectivity index (χ0n) is 15.9. The van der Waals surface area contributed by atoms with Gasteiger partial charge in [-0.15, -0.1) is 11.3 Å². The Morgan fingerprint density at radius 1 is 1.21 bits per heavy atom. The summed E-state index contributed by atoms with van der Waals surface area (Å²) in [5.74, 6) is -0.470. The molecule has 1 aliphatic rings. The maximum absolute atomic E-state index is 13.2. The molecule has 0 fully saturated rings. The van der Waals surface area contributed by atoms with Gasteiger partial charge in [-0.3, -0.25) is 9.36 Å². The largest absolute Gasteiger partial charge is 0.466 e. The average Bonchev–Trinajstić information content (AvgIpc) is 3.36. The number of methoxy groups -OCH3 is 1. The first kappa shape index (κ1) is 19.3. The fourth-order valence-electron chi connectivity index (χ4n) is 3.23. The molecule has 0 aliphatic carbocycles. The molecule has 0 radical (unpaired) electrons. The van der Waals surface area contributed by atoms with Gasteiger partial charge in [-0.25, -0.2) is 9.79 Å². The first-order valence-corrected chi connectivity index (χ1v) is 10.7. The Labute approximate surface area is 175 Å². The molecule has 3 aromatic rings. The summed E-state index contributed by atoms with van der Waals surface area (Å²) in [6, 6.07) is 13.2. The smallest absolute Gasteiger partial charge is 0.338 e. The van der Waals surface area contributed by atoms with E-state index < -0.39 is 12.0 Å². The first-order chi connectivity index (χ1) is 14.1. The minimum atomic E-state index is -0.529. The lowest BCUT2D eigenvalue weighted by atomic mass is 10.0. The first-order valence-electron chi connectivity index (χ1n) is 8.96. The number of carbonyl (C=O) groups is 1. The van der Waals surface area contributed by atoms with Gasteiger partial charge in [0.2, 0.25) is 0 Å². The SMILES string of the molecule is COC(=O)C1=C(C)N=c2sc(=C/C=C/c3ccccc3)c(=O)n2[C@H]1c1cccs1. The number of carbonyl (C=O) groups excluding carboxylic acids is 1. The van der Waals surface area contributed by atoms with Crippen molar-refractivity contribution >= 4 is 40.8 Å². The number of nitrogens with zero attached hydrogens (tertiary/aromatic N) is 2. The predicted octanol–water partition coefficient (Wildman–Crippen LogP) is 3.13. The summed E-state index contributed by atoms with van der Waals surface area (Å²) in [6.45, 7) is 1.78. The summed E-state index contributed by atoms with van der Waals surface area (Å²) in [6.07, 6.45) is 5.59. The monoisotopic (exact) mass is 422 g/mol. The van der Waals surface area contributed by atoms with Crippen molar-refractivity contribution in [2.75, 3.05) is 7.11 Å². The maximum atomic E-state index is 13.2. The summed E-state index contributed by atoms with van der Waals surface area (Å²) in [7, 11) is 1.34. The van der Waals surface area contributed by atoms with Crippen molar-refractivity contribution in [1.82, 2.24) is 4.57 Å². The Hall–Kier alpha value is -3.03. The molecular weight excluding hydrogens is 404 g/mol. The van der Waals surface area contributed by atoms with E-state index in [1.165, 1.54) is 29.8 Å². The number of fused-ring (bicyclic) bond motifs is 1. The van der Waals surface area contributed by atoms with Gasteiger partial charge in [0.15, 0.2) is 4.80 Å².